The lowest BCUT2D eigenvalue weighted by Crippen LogP contribution is -2.24. The molecule has 0 aliphatic carbocycles. The van der Waals surface area contributed by atoms with Crippen molar-refractivity contribution < 1.29 is 4.79 Å². The summed E-state index contributed by atoms with van der Waals surface area (Å²) in [5.74, 6) is -0.0413. The van der Waals surface area contributed by atoms with Gasteiger partial charge >= 0.3 is 0 Å². The van der Waals surface area contributed by atoms with Crippen molar-refractivity contribution in [1.29, 1.82) is 0 Å². The molecule has 0 aromatic carbocycles. The molecule has 0 unspecified atom stereocenters. The second kappa shape index (κ2) is 5.05. The van der Waals surface area contributed by atoms with Gasteiger partial charge in [-0.05, 0) is 12.1 Å². The standard InChI is InChI=1S/C11H12ClN5O/c1-17-7(2-3-16-17)5-15-11(18)8-4-10(13)14-6-9(8)12/h2-4,6H,5H2,1H3,(H2,13,14)(H,15,18). The fraction of sp³-hybridized carbons (Fsp3) is 0.182. The summed E-state index contributed by atoms with van der Waals surface area (Å²) in [4.78, 5) is 15.7. The van der Waals surface area contributed by atoms with E-state index in [-0.39, 0.29) is 16.7 Å². The van der Waals surface area contributed by atoms with Gasteiger partial charge < -0.3 is 11.1 Å². The molecular formula is C11H12ClN5O. The molecule has 94 valence electrons. The lowest BCUT2D eigenvalue weighted by molar-refractivity contribution is 0.0950. The van der Waals surface area contributed by atoms with E-state index >= 15 is 0 Å². The highest BCUT2D eigenvalue weighted by Gasteiger charge is 2.11. The minimum atomic E-state index is -0.296. The van der Waals surface area contributed by atoms with Crippen molar-refractivity contribution in [3.05, 3.63) is 40.8 Å². The number of nitrogens with two attached hydrogens (primary N) is 1. The first kappa shape index (κ1) is 12.4. The number of hydrogen-bond acceptors (Lipinski definition) is 4. The zero-order chi connectivity index (χ0) is 13.1. The van der Waals surface area contributed by atoms with Gasteiger partial charge in [-0.3, -0.25) is 9.48 Å². The van der Waals surface area contributed by atoms with Crippen molar-refractivity contribution in [3.63, 3.8) is 0 Å². The third-order valence-electron chi connectivity index (χ3n) is 2.47. The number of aryl methyl sites for hydroxylation is 1. The average Bonchev–Trinajstić information content (AvgIpc) is 2.75. The molecule has 6 nitrogen and oxygen atoms in total. The van der Waals surface area contributed by atoms with E-state index in [1.165, 1.54) is 12.3 Å². The van der Waals surface area contributed by atoms with Crippen molar-refractivity contribution in [2.75, 3.05) is 5.73 Å². The van der Waals surface area contributed by atoms with Crippen LogP contribution in [0.3, 0.4) is 0 Å². The van der Waals surface area contributed by atoms with Crippen molar-refractivity contribution in [3.8, 4) is 0 Å². The van der Waals surface area contributed by atoms with Gasteiger partial charge in [0.1, 0.15) is 5.82 Å². The third-order valence-corrected chi connectivity index (χ3v) is 2.77. The van der Waals surface area contributed by atoms with E-state index in [1.807, 2.05) is 6.07 Å². The first-order valence-electron chi connectivity index (χ1n) is 5.24. The maximum atomic E-state index is 11.9. The second-order valence-electron chi connectivity index (χ2n) is 3.72. The zero-order valence-electron chi connectivity index (χ0n) is 9.72. The second-order valence-corrected chi connectivity index (χ2v) is 4.13. The molecule has 0 saturated heterocycles. The molecule has 0 spiro atoms. The Bertz CT molecular complexity index is 581. The number of carbonyl (C=O) groups excluding carboxylic acids is 1. The minimum Gasteiger partial charge on any atom is -0.384 e. The van der Waals surface area contributed by atoms with E-state index in [4.69, 9.17) is 17.3 Å². The number of rotatable bonds is 3. The third kappa shape index (κ3) is 2.60. The van der Waals surface area contributed by atoms with Crippen LogP contribution in [0.15, 0.2) is 24.5 Å². The van der Waals surface area contributed by atoms with Crippen LogP contribution in [0.1, 0.15) is 16.1 Å². The summed E-state index contributed by atoms with van der Waals surface area (Å²) >= 11 is 5.89. The molecule has 2 rings (SSSR count). The monoisotopic (exact) mass is 265 g/mol. The first-order valence-corrected chi connectivity index (χ1v) is 5.62. The number of anilines is 1. The molecule has 2 heterocycles. The van der Waals surface area contributed by atoms with Gasteiger partial charge in [-0.25, -0.2) is 4.98 Å². The van der Waals surface area contributed by atoms with Crippen molar-refractivity contribution in [2.24, 2.45) is 7.05 Å². The van der Waals surface area contributed by atoms with Crippen LogP contribution < -0.4 is 11.1 Å². The largest absolute Gasteiger partial charge is 0.384 e. The summed E-state index contributed by atoms with van der Waals surface area (Å²) in [6.07, 6.45) is 3.02. The molecule has 0 aliphatic heterocycles. The predicted octanol–water partition coefficient (Wildman–Crippen LogP) is 0.981. The van der Waals surface area contributed by atoms with Gasteiger partial charge in [-0.2, -0.15) is 5.10 Å². The number of nitrogen functional groups attached to an aromatic ring is 1. The Hall–Kier alpha value is -2.08. The van der Waals surface area contributed by atoms with E-state index in [2.05, 4.69) is 15.4 Å². The first-order chi connectivity index (χ1) is 8.58. The van der Waals surface area contributed by atoms with Gasteiger partial charge in [0, 0.05) is 19.4 Å². The predicted molar refractivity (Wildman–Crippen MR) is 68.0 cm³/mol. The van der Waals surface area contributed by atoms with Gasteiger partial charge in [0.15, 0.2) is 0 Å². The SMILES string of the molecule is Cn1nccc1CNC(=O)c1cc(N)ncc1Cl. The van der Waals surface area contributed by atoms with Crippen LogP contribution in [-0.2, 0) is 13.6 Å². The molecule has 2 aromatic rings. The Labute approximate surface area is 109 Å². The highest BCUT2D eigenvalue weighted by molar-refractivity contribution is 6.33. The number of nitrogens with zero attached hydrogens (tertiary/aromatic N) is 3. The minimum absolute atomic E-state index is 0.255. The Morgan fingerprint density at radius 2 is 2.39 bits per heavy atom. The van der Waals surface area contributed by atoms with Crippen LogP contribution in [0, 0.1) is 0 Å². The van der Waals surface area contributed by atoms with Crippen molar-refractivity contribution in [1.82, 2.24) is 20.1 Å². The molecule has 3 N–H and O–H groups in total. The zero-order valence-corrected chi connectivity index (χ0v) is 10.5. The van der Waals surface area contributed by atoms with E-state index in [0.717, 1.165) is 5.69 Å². The maximum absolute atomic E-state index is 11.9. The summed E-state index contributed by atoms with van der Waals surface area (Å²) < 4.78 is 1.68. The molecular weight excluding hydrogens is 254 g/mol. The molecule has 0 bridgehead atoms. The lowest BCUT2D eigenvalue weighted by Gasteiger charge is -2.07. The Morgan fingerprint density at radius 1 is 1.61 bits per heavy atom. The molecule has 7 heteroatoms. The summed E-state index contributed by atoms with van der Waals surface area (Å²) in [5, 5.41) is 7.02. The highest BCUT2D eigenvalue weighted by Crippen LogP contribution is 2.16. The molecule has 0 radical (unpaired) electrons. The van der Waals surface area contributed by atoms with E-state index in [0.29, 0.717) is 12.1 Å². The quantitative estimate of drug-likeness (QED) is 0.866. The Balaban J connectivity index is 2.08. The van der Waals surface area contributed by atoms with E-state index in [9.17, 15) is 4.79 Å². The van der Waals surface area contributed by atoms with Crippen LogP contribution in [0.4, 0.5) is 5.82 Å². The maximum Gasteiger partial charge on any atom is 0.253 e. The Kier molecular flexibility index (Phi) is 3.47. The number of halogens is 1. The van der Waals surface area contributed by atoms with Gasteiger partial charge in [-0.15, -0.1) is 0 Å². The topological polar surface area (TPSA) is 85.8 Å². The summed E-state index contributed by atoms with van der Waals surface area (Å²) in [6.45, 7) is 0.369. The summed E-state index contributed by atoms with van der Waals surface area (Å²) in [5.41, 5.74) is 6.72. The molecule has 0 atom stereocenters. The number of hydrogen-bond donors (Lipinski definition) is 2. The van der Waals surface area contributed by atoms with Crippen molar-refractivity contribution >= 4 is 23.3 Å². The van der Waals surface area contributed by atoms with E-state index in [1.54, 1.807) is 17.9 Å². The molecule has 0 fully saturated rings. The fourth-order valence-electron chi connectivity index (χ4n) is 1.47. The van der Waals surface area contributed by atoms with Gasteiger partial charge in [-0.1, -0.05) is 11.6 Å². The number of pyridine rings is 1. The summed E-state index contributed by atoms with van der Waals surface area (Å²) in [6, 6.07) is 3.27. The smallest absolute Gasteiger partial charge is 0.253 e. The van der Waals surface area contributed by atoms with Gasteiger partial charge in [0.25, 0.3) is 5.91 Å². The average molecular weight is 266 g/mol. The van der Waals surface area contributed by atoms with Crippen LogP contribution in [0.25, 0.3) is 0 Å². The van der Waals surface area contributed by atoms with Gasteiger partial charge in [0.2, 0.25) is 0 Å². The number of carbonyl (C=O) groups is 1. The molecule has 1 amide bonds. The normalized spacial score (nSPS) is 10.3. The van der Waals surface area contributed by atoms with Crippen LogP contribution in [-0.4, -0.2) is 20.7 Å². The number of aromatic nitrogens is 3. The number of amides is 1. The molecule has 0 saturated carbocycles. The van der Waals surface area contributed by atoms with E-state index < -0.39 is 0 Å². The van der Waals surface area contributed by atoms with Crippen LogP contribution in [0.5, 0.6) is 0 Å². The molecule has 18 heavy (non-hydrogen) atoms. The van der Waals surface area contributed by atoms with Crippen molar-refractivity contribution in [2.45, 2.75) is 6.54 Å². The summed E-state index contributed by atoms with van der Waals surface area (Å²) in [7, 11) is 1.80. The van der Waals surface area contributed by atoms with Crippen LogP contribution >= 0.6 is 11.6 Å². The van der Waals surface area contributed by atoms with Crippen LogP contribution in [0.2, 0.25) is 5.02 Å². The fourth-order valence-corrected chi connectivity index (χ4v) is 1.66. The lowest BCUT2D eigenvalue weighted by atomic mass is 10.2. The molecule has 0 aliphatic rings. The Morgan fingerprint density at radius 3 is 3.06 bits per heavy atom. The number of nitrogens with one attached hydrogen (secondary N) is 1. The van der Waals surface area contributed by atoms with Gasteiger partial charge in [0.05, 0.1) is 22.8 Å². The highest BCUT2D eigenvalue weighted by atomic mass is 35.5. The molecule has 2 aromatic heterocycles.